The first kappa shape index (κ1) is 12.7. The molecule has 0 aromatic heterocycles. The normalized spacial score (nSPS) is 13.1. The molecule has 0 aliphatic rings. The van der Waals surface area contributed by atoms with E-state index in [4.69, 9.17) is 0 Å². The minimum absolute atomic E-state index is 0.0862. The molecule has 0 fully saturated rings. The van der Waals surface area contributed by atoms with E-state index in [9.17, 15) is 0 Å². The van der Waals surface area contributed by atoms with Crippen molar-refractivity contribution in [3.63, 3.8) is 0 Å². The largest absolute Gasteiger partial charge is 0.279 e. The maximum absolute atomic E-state index is 2.61. The minimum Gasteiger partial charge on any atom is -0.279 e. The molecule has 0 N–H and O–H groups in total. The minimum atomic E-state index is -0.0862. The molecule has 0 amide bonds. The van der Waals surface area contributed by atoms with Crippen molar-refractivity contribution < 1.29 is 0 Å². The first-order valence-electron chi connectivity index (χ1n) is 5.90. The van der Waals surface area contributed by atoms with E-state index in [1.807, 2.05) is 0 Å². The summed E-state index contributed by atoms with van der Waals surface area (Å²) in [6.45, 7) is 9.13. The molecule has 15 heavy (non-hydrogen) atoms. The van der Waals surface area contributed by atoms with Gasteiger partial charge in [0.05, 0.1) is 0 Å². The smallest absolute Gasteiger partial charge is 0.000485 e. The van der Waals surface area contributed by atoms with Gasteiger partial charge in [-0.2, -0.15) is 0 Å². The third-order valence-electron chi connectivity index (χ3n) is 2.56. The second-order valence-electron chi connectivity index (χ2n) is 3.60. The topological polar surface area (TPSA) is 3.24 Å². The maximum atomic E-state index is 2.61. The predicted molar refractivity (Wildman–Crippen MR) is 71.1 cm³/mol. The monoisotopic (exact) mass is 223 g/mol. The Kier molecular flexibility index (Phi) is 5.90. The lowest BCUT2D eigenvalue weighted by molar-refractivity contribution is 0.509. The zero-order valence-electron chi connectivity index (χ0n) is 10.1. The van der Waals surface area contributed by atoms with Crippen LogP contribution in [0.25, 0.3) is 0 Å². The summed E-state index contributed by atoms with van der Waals surface area (Å²) < 4.78 is 2.61. The summed E-state index contributed by atoms with van der Waals surface area (Å²) in [5.74, 6) is 0. The van der Waals surface area contributed by atoms with E-state index in [0.717, 1.165) is 13.1 Å². The lowest BCUT2D eigenvalue weighted by Gasteiger charge is -2.29. The first-order chi connectivity index (χ1) is 7.33. The van der Waals surface area contributed by atoms with Crippen LogP contribution in [0, 0.1) is 0 Å². The van der Waals surface area contributed by atoms with Crippen molar-refractivity contribution >= 4 is 13.4 Å². The molecule has 2 heteroatoms. The first-order valence-corrected chi connectivity index (χ1v) is 7.38. The highest BCUT2D eigenvalue weighted by Gasteiger charge is 2.15. The molecule has 0 saturated carbocycles. The molecule has 0 saturated heterocycles. The van der Waals surface area contributed by atoms with Gasteiger partial charge in [0.1, 0.15) is 0 Å². The third kappa shape index (κ3) is 3.59. The summed E-state index contributed by atoms with van der Waals surface area (Å²) in [6, 6.07) is 11.0. The van der Waals surface area contributed by atoms with Crippen molar-refractivity contribution in [2.24, 2.45) is 0 Å². The van der Waals surface area contributed by atoms with E-state index in [-0.39, 0.29) is 8.07 Å². The molecule has 1 unspecified atom stereocenters. The highest BCUT2D eigenvalue weighted by Crippen LogP contribution is 2.39. The number of hydrogen-bond donors (Lipinski definition) is 0. The molecule has 0 heterocycles. The lowest BCUT2D eigenvalue weighted by Crippen LogP contribution is -2.24. The number of nitrogens with zero attached hydrogens (tertiary/aromatic N) is 1. The van der Waals surface area contributed by atoms with Crippen LogP contribution in [-0.4, -0.2) is 23.9 Å². The van der Waals surface area contributed by atoms with Crippen molar-refractivity contribution in [1.82, 2.24) is 4.67 Å². The summed E-state index contributed by atoms with van der Waals surface area (Å²) in [6.07, 6.45) is 2.60. The Labute approximate surface area is 95.3 Å². The SMILES string of the molecule is CCCP(c1ccccc1)N(CC)CC. The van der Waals surface area contributed by atoms with E-state index >= 15 is 0 Å². The highest BCUT2D eigenvalue weighted by atomic mass is 31.1. The molecule has 1 aromatic rings. The van der Waals surface area contributed by atoms with E-state index in [2.05, 4.69) is 55.8 Å². The Balaban J connectivity index is 2.81. The fourth-order valence-corrected chi connectivity index (χ4v) is 4.30. The molecule has 0 radical (unpaired) electrons. The Morgan fingerprint density at radius 2 is 1.60 bits per heavy atom. The van der Waals surface area contributed by atoms with Crippen LogP contribution in [0.15, 0.2) is 30.3 Å². The molecule has 0 bridgehead atoms. The molecule has 0 spiro atoms. The average molecular weight is 223 g/mol. The Hall–Kier alpha value is -0.390. The van der Waals surface area contributed by atoms with Gasteiger partial charge in [0.15, 0.2) is 0 Å². The van der Waals surface area contributed by atoms with Gasteiger partial charge in [-0.15, -0.1) is 0 Å². The van der Waals surface area contributed by atoms with Gasteiger partial charge in [-0.1, -0.05) is 57.5 Å². The predicted octanol–water partition coefficient (Wildman–Crippen LogP) is 3.46. The van der Waals surface area contributed by atoms with Gasteiger partial charge in [0, 0.05) is 0 Å². The summed E-state index contributed by atoms with van der Waals surface area (Å²) in [4.78, 5) is 0. The van der Waals surface area contributed by atoms with Crippen LogP contribution in [0.4, 0.5) is 0 Å². The van der Waals surface area contributed by atoms with E-state index in [0.29, 0.717) is 0 Å². The quantitative estimate of drug-likeness (QED) is 0.667. The van der Waals surface area contributed by atoms with Crippen molar-refractivity contribution in [2.75, 3.05) is 19.3 Å². The van der Waals surface area contributed by atoms with Crippen molar-refractivity contribution in [3.05, 3.63) is 30.3 Å². The molecule has 0 aliphatic carbocycles. The van der Waals surface area contributed by atoms with Gasteiger partial charge in [0.25, 0.3) is 0 Å². The molecule has 84 valence electrons. The van der Waals surface area contributed by atoms with Crippen molar-refractivity contribution in [2.45, 2.75) is 27.2 Å². The number of benzene rings is 1. The summed E-state index contributed by atoms with van der Waals surface area (Å²) >= 11 is 0. The number of rotatable bonds is 6. The molecule has 1 atom stereocenters. The van der Waals surface area contributed by atoms with Crippen LogP contribution in [0.2, 0.25) is 0 Å². The molecule has 1 aromatic carbocycles. The van der Waals surface area contributed by atoms with Crippen molar-refractivity contribution in [3.8, 4) is 0 Å². The van der Waals surface area contributed by atoms with E-state index in [1.165, 1.54) is 17.9 Å². The Morgan fingerprint density at radius 3 is 2.07 bits per heavy atom. The van der Waals surface area contributed by atoms with E-state index < -0.39 is 0 Å². The second kappa shape index (κ2) is 6.98. The molecule has 1 rings (SSSR count). The van der Waals surface area contributed by atoms with Crippen molar-refractivity contribution in [1.29, 1.82) is 0 Å². The van der Waals surface area contributed by atoms with Crippen LogP contribution in [0.3, 0.4) is 0 Å². The van der Waals surface area contributed by atoms with Crippen LogP contribution in [-0.2, 0) is 0 Å². The zero-order valence-corrected chi connectivity index (χ0v) is 11.0. The van der Waals surface area contributed by atoms with E-state index in [1.54, 1.807) is 0 Å². The van der Waals surface area contributed by atoms with Crippen LogP contribution >= 0.6 is 8.07 Å². The summed E-state index contributed by atoms with van der Waals surface area (Å²) in [7, 11) is -0.0862. The van der Waals surface area contributed by atoms with Gasteiger partial charge in [-0.3, -0.25) is 4.67 Å². The Morgan fingerprint density at radius 1 is 1.00 bits per heavy atom. The Bertz CT molecular complexity index is 256. The highest BCUT2D eigenvalue weighted by molar-refractivity contribution is 7.63. The zero-order chi connectivity index (χ0) is 11.1. The fourth-order valence-electron chi connectivity index (χ4n) is 1.81. The van der Waals surface area contributed by atoms with Gasteiger partial charge >= 0.3 is 0 Å². The van der Waals surface area contributed by atoms with Gasteiger partial charge in [-0.25, -0.2) is 0 Å². The maximum Gasteiger partial charge on any atom is -0.000485 e. The average Bonchev–Trinajstić information content (AvgIpc) is 2.30. The van der Waals surface area contributed by atoms with Crippen LogP contribution in [0.5, 0.6) is 0 Å². The summed E-state index contributed by atoms with van der Waals surface area (Å²) in [5, 5.41) is 1.53. The van der Waals surface area contributed by atoms with Crippen LogP contribution < -0.4 is 5.30 Å². The third-order valence-corrected chi connectivity index (χ3v) is 5.57. The lowest BCUT2D eigenvalue weighted by atomic mass is 10.4. The van der Waals surface area contributed by atoms with Crippen LogP contribution in [0.1, 0.15) is 27.2 Å². The number of hydrogen-bond acceptors (Lipinski definition) is 1. The second-order valence-corrected chi connectivity index (χ2v) is 5.93. The standard InChI is InChI=1S/C13H22NP/c1-4-12-15(14(5-2)6-3)13-10-8-7-9-11-13/h7-11H,4-6,12H2,1-3H3. The summed E-state index contributed by atoms with van der Waals surface area (Å²) in [5.41, 5.74) is 0. The van der Waals surface area contributed by atoms with Gasteiger partial charge < -0.3 is 0 Å². The van der Waals surface area contributed by atoms with Gasteiger partial charge in [-0.05, 0) is 32.6 Å². The van der Waals surface area contributed by atoms with Gasteiger partial charge in [0.2, 0.25) is 0 Å². The fraction of sp³-hybridized carbons (Fsp3) is 0.538. The molecule has 0 aliphatic heterocycles. The molecule has 1 nitrogen and oxygen atoms in total. The molecular formula is C13H22NP. The molecular weight excluding hydrogens is 201 g/mol.